The van der Waals surface area contributed by atoms with E-state index < -0.39 is 0 Å². The molecule has 0 aliphatic carbocycles. The summed E-state index contributed by atoms with van der Waals surface area (Å²) in [4.78, 5) is 13.7. The Bertz CT molecular complexity index is 374. The fourth-order valence-corrected chi connectivity index (χ4v) is 1.71. The number of rotatable bonds is 4. The van der Waals surface area contributed by atoms with Crippen molar-refractivity contribution in [3.8, 4) is 0 Å². The largest absolute Gasteiger partial charge is 0.398 e. The van der Waals surface area contributed by atoms with Crippen LogP contribution in [0.3, 0.4) is 0 Å². The lowest BCUT2D eigenvalue weighted by Gasteiger charge is -2.16. The van der Waals surface area contributed by atoms with Gasteiger partial charge in [-0.15, -0.1) is 0 Å². The number of nitrogens with two attached hydrogens (primary N) is 1. The second-order valence-corrected chi connectivity index (χ2v) is 3.99. The van der Waals surface area contributed by atoms with E-state index in [1.807, 2.05) is 19.2 Å². The SMILES string of the molecule is CCCN(C)C(=O)c1ccc(CC)c(N)c1. The van der Waals surface area contributed by atoms with Gasteiger partial charge in [-0.05, 0) is 30.5 Å². The molecular formula is C13H20N2O. The summed E-state index contributed by atoms with van der Waals surface area (Å²) in [5.41, 5.74) is 8.34. The van der Waals surface area contributed by atoms with Gasteiger partial charge < -0.3 is 10.6 Å². The van der Waals surface area contributed by atoms with E-state index in [4.69, 9.17) is 5.73 Å². The van der Waals surface area contributed by atoms with Gasteiger partial charge in [0.05, 0.1) is 0 Å². The number of nitrogens with zero attached hydrogens (tertiary/aromatic N) is 1. The molecule has 0 atom stereocenters. The molecule has 0 aliphatic rings. The fourth-order valence-electron chi connectivity index (χ4n) is 1.71. The van der Waals surface area contributed by atoms with Crippen LogP contribution < -0.4 is 5.73 Å². The second-order valence-electron chi connectivity index (χ2n) is 3.99. The molecule has 0 unspecified atom stereocenters. The van der Waals surface area contributed by atoms with E-state index in [1.165, 1.54) is 0 Å². The molecule has 0 saturated carbocycles. The summed E-state index contributed by atoms with van der Waals surface area (Å²) in [7, 11) is 1.82. The highest BCUT2D eigenvalue weighted by Gasteiger charge is 2.11. The number of anilines is 1. The third kappa shape index (κ3) is 2.75. The van der Waals surface area contributed by atoms with E-state index >= 15 is 0 Å². The van der Waals surface area contributed by atoms with Crippen LogP contribution in [0.5, 0.6) is 0 Å². The van der Waals surface area contributed by atoms with Crippen molar-refractivity contribution in [2.45, 2.75) is 26.7 Å². The molecule has 0 fully saturated rings. The lowest BCUT2D eigenvalue weighted by Crippen LogP contribution is -2.27. The lowest BCUT2D eigenvalue weighted by molar-refractivity contribution is 0.0795. The van der Waals surface area contributed by atoms with Crippen molar-refractivity contribution in [2.75, 3.05) is 19.3 Å². The highest BCUT2D eigenvalue weighted by Crippen LogP contribution is 2.16. The van der Waals surface area contributed by atoms with Crippen molar-refractivity contribution in [3.05, 3.63) is 29.3 Å². The zero-order valence-corrected chi connectivity index (χ0v) is 10.3. The van der Waals surface area contributed by atoms with E-state index in [0.717, 1.165) is 24.9 Å². The van der Waals surface area contributed by atoms with Crippen molar-refractivity contribution in [1.82, 2.24) is 4.90 Å². The third-order valence-corrected chi connectivity index (χ3v) is 2.68. The lowest BCUT2D eigenvalue weighted by atomic mass is 10.1. The fraction of sp³-hybridized carbons (Fsp3) is 0.462. The number of amides is 1. The van der Waals surface area contributed by atoms with Gasteiger partial charge in [-0.1, -0.05) is 19.9 Å². The quantitative estimate of drug-likeness (QED) is 0.791. The number of hydrogen-bond acceptors (Lipinski definition) is 2. The van der Waals surface area contributed by atoms with Crippen LogP contribution in [0.2, 0.25) is 0 Å². The molecule has 1 aromatic rings. The van der Waals surface area contributed by atoms with Crippen LogP contribution in [-0.4, -0.2) is 24.4 Å². The molecule has 1 amide bonds. The van der Waals surface area contributed by atoms with E-state index in [-0.39, 0.29) is 5.91 Å². The summed E-state index contributed by atoms with van der Waals surface area (Å²) in [6, 6.07) is 5.55. The molecule has 1 rings (SSSR count). The molecule has 2 N–H and O–H groups in total. The normalized spacial score (nSPS) is 10.2. The highest BCUT2D eigenvalue weighted by molar-refractivity contribution is 5.95. The van der Waals surface area contributed by atoms with Crippen molar-refractivity contribution in [1.29, 1.82) is 0 Å². The van der Waals surface area contributed by atoms with E-state index in [2.05, 4.69) is 13.8 Å². The minimum Gasteiger partial charge on any atom is -0.398 e. The molecule has 0 saturated heterocycles. The van der Waals surface area contributed by atoms with Gasteiger partial charge in [0.15, 0.2) is 0 Å². The molecule has 0 aromatic heterocycles. The molecule has 3 heteroatoms. The Hall–Kier alpha value is -1.51. The van der Waals surface area contributed by atoms with Crippen molar-refractivity contribution < 1.29 is 4.79 Å². The Balaban J connectivity index is 2.88. The van der Waals surface area contributed by atoms with Crippen molar-refractivity contribution >= 4 is 11.6 Å². The zero-order valence-electron chi connectivity index (χ0n) is 10.3. The molecule has 88 valence electrons. The first-order valence-electron chi connectivity index (χ1n) is 5.74. The van der Waals surface area contributed by atoms with Gasteiger partial charge >= 0.3 is 0 Å². The number of carbonyl (C=O) groups is 1. The summed E-state index contributed by atoms with van der Waals surface area (Å²) in [6.07, 6.45) is 1.86. The van der Waals surface area contributed by atoms with E-state index in [0.29, 0.717) is 11.3 Å². The number of hydrogen-bond donors (Lipinski definition) is 1. The number of carbonyl (C=O) groups excluding carboxylic acids is 1. The first kappa shape index (κ1) is 12.6. The molecule has 16 heavy (non-hydrogen) atoms. The van der Waals surface area contributed by atoms with Gasteiger partial charge in [-0.25, -0.2) is 0 Å². The van der Waals surface area contributed by atoms with E-state index in [1.54, 1.807) is 11.0 Å². The van der Waals surface area contributed by atoms with Gasteiger partial charge in [0, 0.05) is 24.8 Å². The Labute approximate surface area is 97.2 Å². The van der Waals surface area contributed by atoms with Crippen molar-refractivity contribution in [2.24, 2.45) is 0 Å². The smallest absolute Gasteiger partial charge is 0.253 e. The van der Waals surface area contributed by atoms with Crippen molar-refractivity contribution in [3.63, 3.8) is 0 Å². The molecule has 0 radical (unpaired) electrons. The average molecular weight is 220 g/mol. The topological polar surface area (TPSA) is 46.3 Å². The minimum atomic E-state index is 0.0382. The van der Waals surface area contributed by atoms with Crippen LogP contribution in [0.15, 0.2) is 18.2 Å². The number of aryl methyl sites for hydroxylation is 1. The predicted molar refractivity (Wildman–Crippen MR) is 67.5 cm³/mol. The monoisotopic (exact) mass is 220 g/mol. The summed E-state index contributed by atoms with van der Waals surface area (Å²) >= 11 is 0. The number of nitrogen functional groups attached to an aromatic ring is 1. The Kier molecular flexibility index (Phi) is 4.35. The molecule has 0 aliphatic heterocycles. The zero-order chi connectivity index (χ0) is 12.1. The molecule has 1 aromatic carbocycles. The summed E-state index contributed by atoms with van der Waals surface area (Å²) in [6.45, 7) is 4.88. The van der Waals surface area contributed by atoms with Gasteiger partial charge in [-0.2, -0.15) is 0 Å². The first-order chi connectivity index (χ1) is 7.60. The van der Waals surface area contributed by atoms with Gasteiger partial charge in [0.2, 0.25) is 0 Å². The maximum absolute atomic E-state index is 12.0. The van der Waals surface area contributed by atoms with Crippen LogP contribution in [-0.2, 0) is 6.42 Å². The predicted octanol–water partition coefficient (Wildman–Crippen LogP) is 2.31. The van der Waals surface area contributed by atoms with Crippen LogP contribution in [0, 0.1) is 0 Å². The van der Waals surface area contributed by atoms with Crippen LogP contribution in [0.1, 0.15) is 36.2 Å². The summed E-state index contributed by atoms with van der Waals surface area (Å²) in [5.74, 6) is 0.0382. The maximum atomic E-state index is 12.0. The minimum absolute atomic E-state index is 0.0382. The summed E-state index contributed by atoms with van der Waals surface area (Å²) in [5, 5.41) is 0. The van der Waals surface area contributed by atoms with Gasteiger partial charge in [-0.3, -0.25) is 4.79 Å². The standard InChI is InChI=1S/C13H20N2O/c1-4-8-15(3)13(16)11-7-6-10(5-2)12(14)9-11/h6-7,9H,4-5,8,14H2,1-3H3. The van der Waals surface area contributed by atoms with E-state index in [9.17, 15) is 4.79 Å². The second kappa shape index (κ2) is 5.54. The van der Waals surface area contributed by atoms with Gasteiger partial charge in [0.1, 0.15) is 0 Å². The third-order valence-electron chi connectivity index (χ3n) is 2.68. The molecular weight excluding hydrogens is 200 g/mol. The molecule has 0 bridgehead atoms. The molecule has 0 spiro atoms. The average Bonchev–Trinajstić information content (AvgIpc) is 2.28. The Morgan fingerprint density at radius 1 is 1.38 bits per heavy atom. The molecule has 3 nitrogen and oxygen atoms in total. The maximum Gasteiger partial charge on any atom is 0.253 e. The van der Waals surface area contributed by atoms with Crippen LogP contribution in [0.4, 0.5) is 5.69 Å². The van der Waals surface area contributed by atoms with Crippen LogP contribution >= 0.6 is 0 Å². The Morgan fingerprint density at radius 2 is 2.06 bits per heavy atom. The molecule has 0 heterocycles. The van der Waals surface area contributed by atoms with Gasteiger partial charge in [0.25, 0.3) is 5.91 Å². The highest BCUT2D eigenvalue weighted by atomic mass is 16.2. The first-order valence-corrected chi connectivity index (χ1v) is 5.74. The summed E-state index contributed by atoms with van der Waals surface area (Å²) < 4.78 is 0. The van der Waals surface area contributed by atoms with Crippen LogP contribution in [0.25, 0.3) is 0 Å². The Morgan fingerprint density at radius 3 is 2.56 bits per heavy atom. The number of benzene rings is 1.